The Kier molecular flexibility index (Phi) is 13.7. The Morgan fingerprint density at radius 1 is 1.00 bits per heavy atom. The molecule has 0 radical (unpaired) electrons. The normalized spacial score (nSPS) is 10.0. The quantitative estimate of drug-likeness (QED) is 0.547. The number of rotatable bonds is 4. The van der Waals surface area contributed by atoms with Gasteiger partial charge >= 0.3 is 0 Å². The largest absolute Gasteiger partial charge is 0.0991 e. The van der Waals surface area contributed by atoms with Crippen LogP contribution in [0.15, 0.2) is 61.8 Å². The molecule has 0 aliphatic heterocycles. The maximum absolute atomic E-state index is 3.63. The van der Waals surface area contributed by atoms with Gasteiger partial charge in [0.05, 0.1) is 0 Å². The molecule has 0 spiro atoms. The van der Waals surface area contributed by atoms with E-state index in [0.29, 0.717) is 0 Å². The summed E-state index contributed by atoms with van der Waals surface area (Å²) in [7, 11) is 0. The molecule has 0 N–H and O–H groups in total. The zero-order chi connectivity index (χ0) is 9.82. The molecule has 0 heterocycles. The lowest BCUT2D eigenvalue weighted by Gasteiger charge is -1.86. The first-order valence-corrected chi connectivity index (χ1v) is 4.09. The molecule has 0 aliphatic rings. The molecule has 0 aromatic heterocycles. The molecule has 0 amide bonds. The summed E-state index contributed by atoms with van der Waals surface area (Å²) >= 11 is 0. The highest BCUT2D eigenvalue weighted by atomic mass is 13.8. The predicted octanol–water partition coefficient (Wildman–Crippen LogP) is 4.05. The van der Waals surface area contributed by atoms with Crippen LogP contribution in [0.2, 0.25) is 0 Å². The smallest absolute Gasteiger partial charge is 0.0263 e. The SMILES string of the molecule is C=C/C=C\C(C=C)=C/C=C.CC. The van der Waals surface area contributed by atoms with Crippen LogP contribution < -0.4 is 0 Å². The fourth-order valence-electron chi connectivity index (χ4n) is 0.507. The van der Waals surface area contributed by atoms with Crippen LogP contribution in [-0.2, 0) is 0 Å². The molecule has 0 aromatic carbocycles. The summed E-state index contributed by atoms with van der Waals surface area (Å²) in [5.74, 6) is 0. The monoisotopic (exact) mass is 162 g/mol. The Bertz CT molecular complexity index is 180. The van der Waals surface area contributed by atoms with E-state index in [0.717, 1.165) is 5.57 Å². The molecule has 0 saturated carbocycles. The highest BCUT2D eigenvalue weighted by molar-refractivity contribution is 5.33. The Labute approximate surface area is 76.3 Å². The predicted molar refractivity (Wildman–Crippen MR) is 59.2 cm³/mol. The summed E-state index contributed by atoms with van der Waals surface area (Å²) in [6.07, 6.45) is 10.9. The van der Waals surface area contributed by atoms with E-state index in [-0.39, 0.29) is 0 Å². The highest BCUT2D eigenvalue weighted by Gasteiger charge is 1.77. The van der Waals surface area contributed by atoms with Gasteiger partial charge in [-0.25, -0.2) is 0 Å². The van der Waals surface area contributed by atoms with Crippen LogP contribution >= 0.6 is 0 Å². The first kappa shape index (κ1) is 13.3. The fraction of sp³-hybridized carbons (Fsp3) is 0.167. The lowest BCUT2D eigenvalue weighted by molar-refractivity contribution is 1.50. The maximum Gasteiger partial charge on any atom is -0.0263 e. The van der Waals surface area contributed by atoms with E-state index >= 15 is 0 Å². The molecule has 12 heavy (non-hydrogen) atoms. The van der Waals surface area contributed by atoms with Gasteiger partial charge in [-0.3, -0.25) is 0 Å². The van der Waals surface area contributed by atoms with Gasteiger partial charge < -0.3 is 0 Å². The van der Waals surface area contributed by atoms with Crippen LogP contribution in [-0.4, -0.2) is 0 Å². The van der Waals surface area contributed by atoms with E-state index in [4.69, 9.17) is 0 Å². The van der Waals surface area contributed by atoms with Gasteiger partial charge in [0, 0.05) is 0 Å². The minimum atomic E-state index is 1.04. The summed E-state index contributed by atoms with van der Waals surface area (Å²) < 4.78 is 0. The van der Waals surface area contributed by atoms with Gasteiger partial charge in [0.25, 0.3) is 0 Å². The van der Waals surface area contributed by atoms with Crippen molar-refractivity contribution in [2.24, 2.45) is 0 Å². The van der Waals surface area contributed by atoms with Crippen LogP contribution in [0.3, 0.4) is 0 Å². The molecule has 0 bridgehead atoms. The van der Waals surface area contributed by atoms with Crippen LogP contribution in [0.25, 0.3) is 0 Å². The fourth-order valence-corrected chi connectivity index (χ4v) is 0.507. The van der Waals surface area contributed by atoms with Gasteiger partial charge in [-0.05, 0) is 5.57 Å². The van der Waals surface area contributed by atoms with E-state index in [2.05, 4.69) is 19.7 Å². The van der Waals surface area contributed by atoms with Crippen LogP contribution in [0.5, 0.6) is 0 Å². The summed E-state index contributed by atoms with van der Waals surface area (Å²) in [6, 6.07) is 0. The molecule has 0 heteroatoms. The standard InChI is InChI=1S/C10H12.C2H6/c1-4-7-9-10(6-3)8-5-2;1-2/h4-9H,1-3H2;1-2H3/b9-7-,10-8-;. The average molecular weight is 162 g/mol. The molecule has 0 aliphatic carbocycles. The Hall–Kier alpha value is -1.30. The molecule has 0 saturated heterocycles. The second kappa shape index (κ2) is 12.4. The lowest BCUT2D eigenvalue weighted by atomic mass is 10.2. The molecule has 66 valence electrons. The Morgan fingerprint density at radius 2 is 1.58 bits per heavy atom. The van der Waals surface area contributed by atoms with E-state index in [1.807, 2.05) is 32.1 Å². The number of hydrogen-bond acceptors (Lipinski definition) is 0. The number of hydrogen-bond donors (Lipinski definition) is 0. The minimum Gasteiger partial charge on any atom is -0.0991 e. The third-order valence-electron chi connectivity index (χ3n) is 0.971. The van der Waals surface area contributed by atoms with Crippen molar-refractivity contribution in [2.75, 3.05) is 0 Å². The molecule has 0 rings (SSSR count). The zero-order valence-electron chi connectivity index (χ0n) is 8.09. The molecular formula is C12H18. The Morgan fingerprint density at radius 3 is 1.92 bits per heavy atom. The van der Waals surface area contributed by atoms with Gasteiger partial charge in [0.15, 0.2) is 0 Å². The number of allylic oxidation sites excluding steroid dienone is 7. The van der Waals surface area contributed by atoms with E-state index in [1.54, 1.807) is 18.2 Å². The third kappa shape index (κ3) is 8.70. The van der Waals surface area contributed by atoms with Crippen molar-refractivity contribution in [3.63, 3.8) is 0 Å². The first-order valence-electron chi connectivity index (χ1n) is 4.09. The summed E-state index contributed by atoms with van der Waals surface area (Å²) in [5.41, 5.74) is 1.04. The van der Waals surface area contributed by atoms with E-state index in [1.165, 1.54) is 0 Å². The van der Waals surface area contributed by atoms with Crippen molar-refractivity contribution in [3.8, 4) is 0 Å². The van der Waals surface area contributed by atoms with Crippen molar-refractivity contribution in [1.29, 1.82) is 0 Å². The van der Waals surface area contributed by atoms with Gasteiger partial charge in [0.2, 0.25) is 0 Å². The van der Waals surface area contributed by atoms with Gasteiger partial charge in [-0.1, -0.05) is 70.0 Å². The van der Waals surface area contributed by atoms with Gasteiger partial charge in [-0.15, -0.1) is 0 Å². The van der Waals surface area contributed by atoms with Crippen molar-refractivity contribution >= 4 is 0 Å². The van der Waals surface area contributed by atoms with Crippen LogP contribution in [0.4, 0.5) is 0 Å². The Balaban J connectivity index is 0. The molecule has 0 nitrogen and oxygen atoms in total. The summed E-state index contributed by atoms with van der Waals surface area (Å²) in [5, 5.41) is 0. The second-order valence-electron chi connectivity index (χ2n) is 1.70. The zero-order valence-corrected chi connectivity index (χ0v) is 8.09. The van der Waals surface area contributed by atoms with Crippen LogP contribution in [0.1, 0.15) is 13.8 Å². The lowest BCUT2D eigenvalue weighted by Crippen LogP contribution is -1.65. The first-order chi connectivity index (χ1) is 5.85. The summed E-state index contributed by atoms with van der Waals surface area (Å²) in [4.78, 5) is 0. The molecule has 0 aromatic rings. The van der Waals surface area contributed by atoms with Crippen molar-refractivity contribution in [3.05, 3.63) is 61.8 Å². The van der Waals surface area contributed by atoms with Crippen molar-refractivity contribution in [2.45, 2.75) is 13.8 Å². The maximum atomic E-state index is 3.63. The van der Waals surface area contributed by atoms with Crippen LogP contribution in [0, 0.1) is 0 Å². The molecule has 0 unspecified atom stereocenters. The molecular weight excluding hydrogens is 144 g/mol. The molecule has 0 fully saturated rings. The summed E-state index contributed by atoms with van der Waals surface area (Å²) in [6.45, 7) is 14.8. The minimum absolute atomic E-state index is 1.04. The van der Waals surface area contributed by atoms with Crippen molar-refractivity contribution < 1.29 is 0 Å². The third-order valence-corrected chi connectivity index (χ3v) is 0.971. The van der Waals surface area contributed by atoms with Gasteiger partial charge in [0.1, 0.15) is 0 Å². The van der Waals surface area contributed by atoms with E-state index < -0.39 is 0 Å². The topological polar surface area (TPSA) is 0 Å². The van der Waals surface area contributed by atoms with E-state index in [9.17, 15) is 0 Å². The molecule has 0 atom stereocenters. The van der Waals surface area contributed by atoms with Gasteiger partial charge in [-0.2, -0.15) is 0 Å². The van der Waals surface area contributed by atoms with Crippen molar-refractivity contribution in [1.82, 2.24) is 0 Å². The highest BCUT2D eigenvalue weighted by Crippen LogP contribution is 1.97. The second-order valence-corrected chi connectivity index (χ2v) is 1.70. The average Bonchev–Trinajstić information content (AvgIpc) is 2.15.